The van der Waals surface area contributed by atoms with Crippen LogP contribution < -0.4 is 9.47 Å². The number of benzene rings is 1. The number of carboxylic acids is 1. The number of methoxy groups -OCH3 is 2. The smallest absolute Gasteiger partial charge is 0.310 e. The van der Waals surface area contributed by atoms with Gasteiger partial charge in [-0.2, -0.15) is 0 Å². The summed E-state index contributed by atoms with van der Waals surface area (Å²) in [7, 11) is 2.87. The summed E-state index contributed by atoms with van der Waals surface area (Å²) < 4.78 is 23.7. The third-order valence-electron chi connectivity index (χ3n) is 2.85. The van der Waals surface area contributed by atoms with Gasteiger partial charge < -0.3 is 14.6 Å². The van der Waals surface area contributed by atoms with Gasteiger partial charge in [-0.15, -0.1) is 0 Å². The van der Waals surface area contributed by atoms with Crippen LogP contribution in [0.2, 0.25) is 0 Å². The normalized spacial score (nSPS) is 13.8. The highest BCUT2D eigenvalue weighted by Gasteiger charge is 2.22. The zero-order chi connectivity index (χ0) is 13.9. The largest absolute Gasteiger partial charge is 0.496 e. The van der Waals surface area contributed by atoms with Crippen molar-refractivity contribution in [2.75, 3.05) is 14.2 Å². The summed E-state index contributed by atoms with van der Waals surface area (Å²) in [5.74, 6) is -1.03. The van der Waals surface area contributed by atoms with Gasteiger partial charge in [0.1, 0.15) is 17.7 Å². The Labute approximate surface area is 105 Å². The maximum absolute atomic E-state index is 13.5. The van der Waals surface area contributed by atoms with Crippen LogP contribution in [0.25, 0.3) is 0 Å². The van der Waals surface area contributed by atoms with Crippen LogP contribution in [0.1, 0.15) is 37.1 Å². The van der Waals surface area contributed by atoms with Crippen molar-refractivity contribution in [3.63, 3.8) is 0 Å². The summed E-state index contributed by atoms with van der Waals surface area (Å²) in [5, 5.41) is 9.03. The van der Waals surface area contributed by atoms with E-state index >= 15 is 0 Å². The molecule has 4 nitrogen and oxygen atoms in total. The molecule has 0 fully saturated rings. The van der Waals surface area contributed by atoms with Crippen molar-refractivity contribution in [1.29, 1.82) is 0 Å². The monoisotopic (exact) mass is 256 g/mol. The molecule has 2 unspecified atom stereocenters. The van der Waals surface area contributed by atoms with Crippen LogP contribution in [0.5, 0.6) is 11.5 Å². The molecule has 2 atom stereocenters. The predicted molar refractivity (Wildman–Crippen MR) is 65.1 cm³/mol. The molecule has 18 heavy (non-hydrogen) atoms. The number of carboxylic acid groups (broad SMARTS) is 1. The SMILES string of the molecule is COc1cc(OC)c(C(C)C(=O)O)cc1C(C)F. The first-order chi connectivity index (χ1) is 8.42. The predicted octanol–water partition coefficient (Wildman–Crippen LogP) is 2.92. The molecule has 5 heteroatoms. The second-order valence-corrected chi connectivity index (χ2v) is 4.01. The highest BCUT2D eigenvalue weighted by Crippen LogP contribution is 2.37. The molecule has 1 aromatic rings. The number of alkyl halides is 1. The van der Waals surface area contributed by atoms with Gasteiger partial charge in [0.2, 0.25) is 0 Å². The lowest BCUT2D eigenvalue weighted by Crippen LogP contribution is -2.10. The first kappa shape index (κ1) is 14.3. The van der Waals surface area contributed by atoms with Gasteiger partial charge >= 0.3 is 5.97 Å². The van der Waals surface area contributed by atoms with Crippen molar-refractivity contribution in [1.82, 2.24) is 0 Å². The van der Waals surface area contributed by atoms with E-state index in [-0.39, 0.29) is 0 Å². The second kappa shape index (κ2) is 5.71. The van der Waals surface area contributed by atoms with Gasteiger partial charge in [-0.3, -0.25) is 4.79 Å². The van der Waals surface area contributed by atoms with E-state index in [2.05, 4.69) is 0 Å². The highest BCUT2D eigenvalue weighted by atomic mass is 19.1. The van der Waals surface area contributed by atoms with Crippen molar-refractivity contribution < 1.29 is 23.8 Å². The zero-order valence-electron chi connectivity index (χ0n) is 10.9. The molecule has 0 bridgehead atoms. The quantitative estimate of drug-likeness (QED) is 0.880. The van der Waals surface area contributed by atoms with Gasteiger partial charge in [0, 0.05) is 17.2 Å². The first-order valence-corrected chi connectivity index (χ1v) is 5.55. The van der Waals surface area contributed by atoms with Crippen molar-refractivity contribution in [3.05, 3.63) is 23.3 Å². The average molecular weight is 256 g/mol. The summed E-state index contributed by atoms with van der Waals surface area (Å²) in [6.07, 6.45) is -1.24. The van der Waals surface area contributed by atoms with Crippen LogP contribution in [-0.4, -0.2) is 25.3 Å². The molecule has 0 aliphatic heterocycles. The fourth-order valence-electron chi connectivity index (χ4n) is 1.73. The van der Waals surface area contributed by atoms with E-state index in [4.69, 9.17) is 14.6 Å². The lowest BCUT2D eigenvalue weighted by Gasteiger charge is -2.17. The van der Waals surface area contributed by atoms with Crippen molar-refractivity contribution in [2.24, 2.45) is 0 Å². The van der Waals surface area contributed by atoms with E-state index < -0.39 is 18.1 Å². The highest BCUT2D eigenvalue weighted by molar-refractivity contribution is 5.77. The minimum atomic E-state index is -1.24. The molecule has 0 amide bonds. The lowest BCUT2D eigenvalue weighted by atomic mass is 9.96. The topological polar surface area (TPSA) is 55.8 Å². The van der Waals surface area contributed by atoms with Gasteiger partial charge in [-0.05, 0) is 19.9 Å². The summed E-state index contributed by atoms with van der Waals surface area (Å²) in [4.78, 5) is 11.0. The van der Waals surface area contributed by atoms with E-state index in [1.54, 1.807) is 0 Å². The molecule has 100 valence electrons. The maximum atomic E-state index is 13.5. The molecule has 0 radical (unpaired) electrons. The van der Waals surface area contributed by atoms with Gasteiger partial charge in [0.05, 0.1) is 20.1 Å². The molecule has 0 aliphatic carbocycles. The van der Waals surface area contributed by atoms with Gasteiger partial charge in [0.25, 0.3) is 0 Å². The molecular weight excluding hydrogens is 239 g/mol. The third kappa shape index (κ3) is 2.72. The minimum absolute atomic E-state index is 0.321. The Morgan fingerprint density at radius 3 is 2.06 bits per heavy atom. The number of hydrogen-bond donors (Lipinski definition) is 1. The Morgan fingerprint density at radius 1 is 1.17 bits per heavy atom. The molecule has 1 N–H and O–H groups in total. The van der Waals surface area contributed by atoms with Crippen molar-refractivity contribution in [3.8, 4) is 11.5 Å². The van der Waals surface area contributed by atoms with Gasteiger partial charge in [0.15, 0.2) is 0 Å². The zero-order valence-corrected chi connectivity index (χ0v) is 10.9. The number of rotatable bonds is 5. The second-order valence-electron chi connectivity index (χ2n) is 4.01. The molecular formula is C13H17FO4. The van der Waals surface area contributed by atoms with Gasteiger partial charge in [-0.1, -0.05) is 0 Å². The van der Waals surface area contributed by atoms with Crippen LogP contribution in [-0.2, 0) is 4.79 Å². The van der Waals surface area contributed by atoms with Crippen LogP contribution in [0.15, 0.2) is 12.1 Å². The Kier molecular flexibility index (Phi) is 4.53. The minimum Gasteiger partial charge on any atom is -0.496 e. The van der Waals surface area contributed by atoms with E-state index in [9.17, 15) is 9.18 Å². The third-order valence-corrected chi connectivity index (χ3v) is 2.85. The Bertz CT molecular complexity index is 443. The summed E-state index contributed by atoms with van der Waals surface area (Å²) in [5.41, 5.74) is 0.756. The Balaban J connectivity index is 3.40. The summed E-state index contributed by atoms with van der Waals surface area (Å²) >= 11 is 0. The number of carbonyl (C=O) groups is 1. The molecule has 1 rings (SSSR count). The van der Waals surface area contributed by atoms with E-state index in [1.807, 2.05) is 0 Å². The standard InChI is InChI=1S/C13H17FO4/c1-7(13(15)16)9-5-10(8(2)14)12(18-4)6-11(9)17-3/h5-8H,1-4H3,(H,15,16). The first-order valence-electron chi connectivity index (χ1n) is 5.55. The molecule has 0 saturated heterocycles. The average Bonchev–Trinajstić information content (AvgIpc) is 2.35. The molecule has 1 aromatic carbocycles. The number of hydrogen-bond acceptors (Lipinski definition) is 3. The molecule has 0 aliphatic rings. The summed E-state index contributed by atoms with van der Waals surface area (Å²) in [6, 6.07) is 3.00. The number of halogens is 1. The van der Waals surface area contributed by atoms with Crippen LogP contribution >= 0.6 is 0 Å². The number of aliphatic carboxylic acids is 1. The fourth-order valence-corrected chi connectivity index (χ4v) is 1.73. The lowest BCUT2D eigenvalue weighted by molar-refractivity contribution is -0.138. The van der Waals surface area contributed by atoms with E-state index in [0.29, 0.717) is 22.6 Å². The van der Waals surface area contributed by atoms with Crippen molar-refractivity contribution in [2.45, 2.75) is 25.9 Å². The van der Waals surface area contributed by atoms with Crippen molar-refractivity contribution >= 4 is 5.97 Å². The van der Waals surface area contributed by atoms with E-state index in [1.165, 1.54) is 40.2 Å². The number of ether oxygens (including phenoxy) is 2. The molecule has 0 saturated carbocycles. The molecule has 0 heterocycles. The maximum Gasteiger partial charge on any atom is 0.310 e. The Morgan fingerprint density at radius 2 is 1.67 bits per heavy atom. The molecule has 0 spiro atoms. The Hall–Kier alpha value is -1.78. The van der Waals surface area contributed by atoms with Crippen LogP contribution in [0.4, 0.5) is 4.39 Å². The summed E-state index contributed by atoms with van der Waals surface area (Å²) in [6.45, 7) is 2.90. The van der Waals surface area contributed by atoms with Crippen LogP contribution in [0.3, 0.4) is 0 Å². The fraction of sp³-hybridized carbons (Fsp3) is 0.462. The van der Waals surface area contributed by atoms with Gasteiger partial charge in [-0.25, -0.2) is 4.39 Å². The van der Waals surface area contributed by atoms with Crippen LogP contribution in [0, 0.1) is 0 Å². The van der Waals surface area contributed by atoms with E-state index in [0.717, 1.165) is 0 Å². The molecule has 0 aromatic heterocycles.